The molecule has 0 spiro atoms. The van der Waals surface area contributed by atoms with Gasteiger partial charge in [0.15, 0.2) is 0 Å². The Morgan fingerprint density at radius 1 is 1.05 bits per heavy atom. The van der Waals surface area contributed by atoms with Gasteiger partial charge >= 0.3 is 0 Å². The lowest BCUT2D eigenvalue weighted by Gasteiger charge is -2.06. The van der Waals surface area contributed by atoms with E-state index in [1.54, 1.807) is 18.0 Å². The molecule has 0 aliphatic rings. The molecule has 1 heterocycles. The van der Waals surface area contributed by atoms with Crippen molar-refractivity contribution in [1.29, 1.82) is 0 Å². The minimum Gasteiger partial charge on any atom is -0.494 e. The zero-order chi connectivity index (χ0) is 16.0. The minimum atomic E-state index is 0.519. The molecule has 5 nitrogen and oxygen atoms in total. The number of aryl methyl sites for hydroxylation is 2. The van der Waals surface area contributed by atoms with Gasteiger partial charge in [-0.1, -0.05) is 15.9 Å². The molecular weight excluding hydrogens is 412 g/mol. The van der Waals surface area contributed by atoms with E-state index in [0.717, 1.165) is 26.8 Å². The van der Waals surface area contributed by atoms with E-state index < -0.39 is 0 Å². The molecule has 0 unspecified atom stereocenters. The van der Waals surface area contributed by atoms with Crippen LogP contribution in [0.2, 0.25) is 0 Å². The number of nitrogen functional groups attached to an aromatic ring is 1. The zero-order valence-corrected chi connectivity index (χ0v) is 15.5. The standard InChI is InChI=1S/C15H14Br2N4O/c1-7-4-9(5-8(2)12(7)16)21-19-10-6-11(22-3)14(18)13(17)15(10)20-21/h4-6H,18H2,1-3H3. The van der Waals surface area contributed by atoms with Gasteiger partial charge < -0.3 is 10.5 Å². The van der Waals surface area contributed by atoms with E-state index in [9.17, 15) is 0 Å². The van der Waals surface area contributed by atoms with Crippen LogP contribution in [0.4, 0.5) is 5.69 Å². The van der Waals surface area contributed by atoms with Gasteiger partial charge in [0.25, 0.3) is 0 Å². The van der Waals surface area contributed by atoms with Crippen LogP contribution in [0.15, 0.2) is 27.1 Å². The van der Waals surface area contributed by atoms with Gasteiger partial charge in [-0.2, -0.15) is 4.80 Å². The van der Waals surface area contributed by atoms with Crippen molar-refractivity contribution in [2.24, 2.45) is 0 Å². The number of fused-ring (bicyclic) bond motifs is 1. The van der Waals surface area contributed by atoms with Gasteiger partial charge in [0.2, 0.25) is 0 Å². The molecule has 1 aromatic heterocycles. The predicted octanol–water partition coefficient (Wildman–Crippen LogP) is 4.15. The van der Waals surface area contributed by atoms with Crippen molar-refractivity contribution in [3.63, 3.8) is 0 Å². The number of nitrogens with zero attached hydrogens (tertiary/aromatic N) is 3. The Morgan fingerprint density at radius 3 is 2.27 bits per heavy atom. The Kier molecular flexibility index (Phi) is 3.86. The third-order valence-electron chi connectivity index (χ3n) is 3.49. The van der Waals surface area contributed by atoms with E-state index >= 15 is 0 Å². The predicted molar refractivity (Wildman–Crippen MR) is 94.7 cm³/mol. The van der Waals surface area contributed by atoms with Crippen molar-refractivity contribution in [1.82, 2.24) is 15.0 Å². The molecular formula is C15H14Br2N4O. The van der Waals surface area contributed by atoms with Crippen molar-refractivity contribution in [3.8, 4) is 11.4 Å². The summed E-state index contributed by atoms with van der Waals surface area (Å²) < 4.78 is 7.06. The smallest absolute Gasteiger partial charge is 0.145 e. The van der Waals surface area contributed by atoms with E-state index in [1.807, 2.05) is 26.0 Å². The number of nitrogens with two attached hydrogens (primary N) is 1. The molecule has 3 aromatic rings. The molecule has 0 fully saturated rings. The normalized spacial score (nSPS) is 11.1. The van der Waals surface area contributed by atoms with E-state index in [0.29, 0.717) is 21.4 Å². The summed E-state index contributed by atoms with van der Waals surface area (Å²) in [5.74, 6) is 0.578. The first-order valence-electron chi connectivity index (χ1n) is 6.58. The van der Waals surface area contributed by atoms with Crippen LogP contribution >= 0.6 is 31.9 Å². The van der Waals surface area contributed by atoms with Crippen molar-refractivity contribution in [3.05, 3.63) is 38.3 Å². The van der Waals surface area contributed by atoms with Crippen LogP contribution in [-0.2, 0) is 0 Å². The van der Waals surface area contributed by atoms with Crippen LogP contribution in [-0.4, -0.2) is 22.1 Å². The molecule has 0 aliphatic heterocycles. The van der Waals surface area contributed by atoms with Gasteiger partial charge in [-0.3, -0.25) is 0 Å². The number of halogens is 2. The van der Waals surface area contributed by atoms with Gasteiger partial charge in [-0.05, 0) is 53.0 Å². The molecule has 0 bridgehead atoms. The lowest BCUT2D eigenvalue weighted by Crippen LogP contribution is -2.00. The van der Waals surface area contributed by atoms with Gasteiger partial charge in [0.05, 0.1) is 23.0 Å². The molecule has 7 heteroatoms. The molecule has 2 aromatic carbocycles. The number of anilines is 1. The lowest BCUT2D eigenvalue weighted by atomic mass is 10.1. The molecule has 0 radical (unpaired) electrons. The number of benzene rings is 2. The SMILES string of the molecule is COc1cc2nn(-c3cc(C)c(Br)c(C)c3)nc2c(Br)c1N. The summed E-state index contributed by atoms with van der Waals surface area (Å²) in [5, 5.41) is 9.07. The number of hydrogen-bond acceptors (Lipinski definition) is 4. The summed E-state index contributed by atoms with van der Waals surface area (Å²) >= 11 is 7.04. The monoisotopic (exact) mass is 424 g/mol. The average molecular weight is 426 g/mol. The van der Waals surface area contributed by atoms with Crippen LogP contribution in [0, 0.1) is 13.8 Å². The second-order valence-corrected chi connectivity index (χ2v) is 6.64. The van der Waals surface area contributed by atoms with Gasteiger partial charge in [-0.15, -0.1) is 10.2 Å². The highest BCUT2D eigenvalue weighted by Crippen LogP contribution is 2.36. The largest absolute Gasteiger partial charge is 0.494 e. The molecule has 0 amide bonds. The molecule has 114 valence electrons. The Balaban J connectivity index is 2.23. The van der Waals surface area contributed by atoms with Crippen molar-refractivity contribution >= 4 is 48.6 Å². The van der Waals surface area contributed by atoms with Crippen LogP contribution in [0.3, 0.4) is 0 Å². The van der Waals surface area contributed by atoms with Crippen molar-refractivity contribution in [2.75, 3.05) is 12.8 Å². The summed E-state index contributed by atoms with van der Waals surface area (Å²) in [6.07, 6.45) is 0. The third-order valence-corrected chi connectivity index (χ3v) is 5.54. The number of ether oxygens (including phenoxy) is 1. The first-order valence-corrected chi connectivity index (χ1v) is 8.17. The topological polar surface area (TPSA) is 66.0 Å². The maximum atomic E-state index is 6.02. The highest BCUT2D eigenvalue weighted by Gasteiger charge is 2.15. The van der Waals surface area contributed by atoms with Crippen LogP contribution in [0.5, 0.6) is 5.75 Å². The summed E-state index contributed by atoms with van der Waals surface area (Å²) in [6.45, 7) is 4.08. The molecule has 0 atom stereocenters. The molecule has 0 saturated carbocycles. The quantitative estimate of drug-likeness (QED) is 0.626. The Labute approximate surface area is 144 Å². The fourth-order valence-electron chi connectivity index (χ4n) is 2.33. The summed E-state index contributed by atoms with van der Waals surface area (Å²) in [4.78, 5) is 1.61. The third kappa shape index (κ3) is 2.38. The number of hydrogen-bond donors (Lipinski definition) is 1. The number of aromatic nitrogens is 3. The van der Waals surface area contributed by atoms with E-state index in [-0.39, 0.29) is 0 Å². The highest BCUT2D eigenvalue weighted by atomic mass is 79.9. The van der Waals surface area contributed by atoms with Crippen LogP contribution in [0.25, 0.3) is 16.7 Å². The first kappa shape index (κ1) is 15.3. The van der Waals surface area contributed by atoms with Gasteiger partial charge in [0, 0.05) is 10.5 Å². The van der Waals surface area contributed by atoms with E-state index in [4.69, 9.17) is 10.5 Å². The summed E-state index contributed by atoms with van der Waals surface area (Å²) in [6, 6.07) is 5.85. The van der Waals surface area contributed by atoms with Crippen LogP contribution < -0.4 is 10.5 Å². The van der Waals surface area contributed by atoms with E-state index in [1.165, 1.54) is 0 Å². The second-order valence-electron chi connectivity index (χ2n) is 5.06. The number of methoxy groups -OCH3 is 1. The fraction of sp³-hybridized carbons (Fsp3) is 0.200. The van der Waals surface area contributed by atoms with Crippen molar-refractivity contribution < 1.29 is 4.74 Å². The van der Waals surface area contributed by atoms with E-state index in [2.05, 4.69) is 42.1 Å². The molecule has 3 rings (SSSR count). The molecule has 22 heavy (non-hydrogen) atoms. The first-order chi connectivity index (χ1) is 10.4. The Hall–Kier alpha value is -1.60. The summed E-state index contributed by atoms with van der Waals surface area (Å²) in [5.41, 5.74) is 11.1. The van der Waals surface area contributed by atoms with Gasteiger partial charge in [0.1, 0.15) is 16.8 Å². The minimum absolute atomic E-state index is 0.519. The summed E-state index contributed by atoms with van der Waals surface area (Å²) in [7, 11) is 1.58. The Bertz CT molecular complexity index is 866. The molecule has 0 saturated heterocycles. The zero-order valence-electron chi connectivity index (χ0n) is 12.3. The second kappa shape index (κ2) is 5.55. The van der Waals surface area contributed by atoms with Gasteiger partial charge in [-0.25, -0.2) is 0 Å². The molecule has 2 N–H and O–H groups in total. The average Bonchev–Trinajstić information content (AvgIpc) is 2.92. The van der Waals surface area contributed by atoms with Crippen molar-refractivity contribution in [2.45, 2.75) is 13.8 Å². The maximum Gasteiger partial charge on any atom is 0.145 e. The Morgan fingerprint density at radius 2 is 1.68 bits per heavy atom. The highest BCUT2D eigenvalue weighted by molar-refractivity contribution is 9.11. The maximum absolute atomic E-state index is 6.02. The number of rotatable bonds is 2. The van der Waals surface area contributed by atoms with Crippen LogP contribution in [0.1, 0.15) is 11.1 Å². The lowest BCUT2D eigenvalue weighted by molar-refractivity contribution is 0.417. The molecule has 0 aliphatic carbocycles. The fourth-order valence-corrected chi connectivity index (χ4v) is 3.04.